The van der Waals surface area contributed by atoms with E-state index in [1.54, 1.807) is 0 Å². The Kier molecular flexibility index (Phi) is 5.17. The van der Waals surface area contributed by atoms with Crippen LogP contribution < -0.4 is 5.32 Å². The summed E-state index contributed by atoms with van der Waals surface area (Å²) in [5.41, 5.74) is 3.60. The number of hydrogen-bond acceptors (Lipinski definition) is 3. The van der Waals surface area contributed by atoms with Crippen molar-refractivity contribution in [3.05, 3.63) is 35.4 Å². The van der Waals surface area contributed by atoms with Crippen LogP contribution in [0.4, 0.5) is 0 Å². The summed E-state index contributed by atoms with van der Waals surface area (Å²) in [5.74, 6) is 0.469. The highest BCUT2D eigenvalue weighted by Crippen LogP contribution is 2.14. The molecule has 2 heterocycles. The van der Waals surface area contributed by atoms with Crippen LogP contribution in [-0.2, 0) is 20.1 Å². The van der Waals surface area contributed by atoms with Crippen LogP contribution in [0.2, 0.25) is 0 Å². The van der Waals surface area contributed by atoms with Crippen molar-refractivity contribution in [2.24, 2.45) is 7.05 Å². The zero-order chi connectivity index (χ0) is 15.4. The molecule has 2 rings (SSSR count). The molecule has 0 saturated heterocycles. The van der Waals surface area contributed by atoms with E-state index in [-0.39, 0.29) is 0 Å². The van der Waals surface area contributed by atoms with Crippen LogP contribution in [0.15, 0.2) is 18.3 Å². The molecule has 0 radical (unpaired) electrons. The summed E-state index contributed by atoms with van der Waals surface area (Å²) in [7, 11) is 2.01. The van der Waals surface area contributed by atoms with Crippen LogP contribution in [0.1, 0.15) is 63.2 Å². The van der Waals surface area contributed by atoms with Crippen LogP contribution >= 0.6 is 0 Å². The molecule has 5 heteroatoms. The molecule has 2 aromatic rings. The molecule has 1 atom stereocenters. The van der Waals surface area contributed by atoms with E-state index in [1.807, 2.05) is 17.9 Å². The molecular weight excluding hydrogens is 262 g/mol. The van der Waals surface area contributed by atoms with Gasteiger partial charge in [-0.1, -0.05) is 20.8 Å². The lowest BCUT2D eigenvalue weighted by atomic mass is 10.1. The Morgan fingerprint density at radius 1 is 1.19 bits per heavy atom. The van der Waals surface area contributed by atoms with E-state index in [2.05, 4.69) is 60.0 Å². The van der Waals surface area contributed by atoms with Gasteiger partial charge in [0.05, 0.1) is 17.1 Å². The molecular formula is C16H27N5. The number of aromatic nitrogens is 4. The van der Waals surface area contributed by atoms with E-state index in [0.717, 1.165) is 25.2 Å². The van der Waals surface area contributed by atoms with Gasteiger partial charge in [-0.25, -0.2) is 0 Å². The third-order valence-corrected chi connectivity index (χ3v) is 3.96. The van der Waals surface area contributed by atoms with Crippen molar-refractivity contribution in [1.82, 2.24) is 24.9 Å². The fourth-order valence-corrected chi connectivity index (χ4v) is 2.35. The summed E-state index contributed by atoms with van der Waals surface area (Å²) >= 11 is 0. The number of rotatable bonds is 7. The monoisotopic (exact) mass is 289 g/mol. The molecule has 0 aromatic carbocycles. The number of nitrogens with one attached hydrogen (secondary N) is 1. The first-order valence-electron chi connectivity index (χ1n) is 7.78. The summed E-state index contributed by atoms with van der Waals surface area (Å²) in [6.07, 6.45) is 2.97. The molecule has 0 fully saturated rings. The topological polar surface area (TPSA) is 47.7 Å². The summed E-state index contributed by atoms with van der Waals surface area (Å²) in [5, 5.41) is 12.5. The molecule has 0 bridgehead atoms. The summed E-state index contributed by atoms with van der Waals surface area (Å²) < 4.78 is 4.07. The van der Waals surface area contributed by atoms with Gasteiger partial charge in [0.25, 0.3) is 0 Å². The maximum atomic E-state index is 4.54. The normalized spacial score (nSPS) is 13.0. The van der Waals surface area contributed by atoms with Gasteiger partial charge in [-0.05, 0) is 31.4 Å². The van der Waals surface area contributed by atoms with Crippen LogP contribution in [0.3, 0.4) is 0 Å². The van der Waals surface area contributed by atoms with E-state index in [0.29, 0.717) is 12.0 Å². The quantitative estimate of drug-likeness (QED) is 0.852. The van der Waals surface area contributed by atoms with Gasteiger partial charge < -0.3 is 5.32 Å². The van der Waals surface area contributed by atoms with Crippen molar-refractivity contribution in [3.63, 3.8) is 0 Å². The van der Waals surface area contributed by atoms with Gasteiger partial charge in [0.2, 0.25) is 0 Å². The second-order valence-corrected chi connectivity index (χ2v) is 5.97. The SMILES string of the molecule is CCC(C)n1nccc1CNCc1cc(C(C)C)nn1C. The smallest absolute Gasteiger partial charge is 0.0653 e. The van der Waals surface area contributed by atoms with Crippen molar-refractivity contribution in [2.75, 3.05) is 0 Å². The molecule has 0 saturated carbocycles. The number of hydrogen-bond donors (Lipinski definition) is 1. The number of aryl methyl sites for hydroxylation is 1. The van der Waals surface area contributed by atoms with Crippen molar-refractivity contribution in [3.8, 4) is 0 Å². The second kappa shape index (κ2) is 6.89. The Morgan fingerprint density at radius 3 is 2.52 bits per heavy atom. The van der Waals surface area contributed by atoms with E-state index >= 15 is 0 Å². The molecule has 5 nitrogen and oxygen atoms in total. The second-order valence-electron chi connectivity index (χ2n) is 5.97. The Balaban J connectivity index is 1.94. The molecule has 0 aliphatic carbocycles. The predicted octanol–water partition coefficient (Wildman–Crippen LogP) is 3.00. The average Bonchev–Trinajstić information content (AvgIpc) is 3.05. The first-order valence-corrected chi connectivity index (χ1v) is 7.78. The molecule has 0 spiro atoms. The van der Waals surface area contributed by atoms with Crippen LogP contribution in [0.5, 0.6) is 0 Å². The fraction of sp³-hybridized carbons (Fsp3) is 0.625. The minimum absolute atomic E-state index is 0.445. The summed E-state index contributed by atoms with van der Waals surface area (Å²) in [6.45, 7) is 10.4. The Hall–Kier alpha value is -1.62. The summed E-state index contributed by atoms with van der Waals surface area (Å²) in [6, 6.07) is 4.71. The Labute approximate surface area is 127 Å². The minimum Gasteiger partial charge on any atom is -0.306 e. The standard InChI is InChI=1S/C16H27N5/c1-6-13(4)21-14(7-8-18-21)10-17-11-15-9-16(12(2)3)19-20(15)5/h7-9,12-13,17H,6,10-11H2,1-5H3. The molecule has 0 aliphatic rings. The fourth-order valence-electron chi connectivity index (χ4n) is 2.35. The molecule has 21 heavy (non-hydrogen) atoms. The lowest BCUT2D eigenvalue weighted by molar-refractivity contribution is 0.450. The molecule has 0 aliphatic heterocycles. The van der Waals surface area contributed by atoms with E-state index < -0.39 is 0 Å². The van der Waals surface area contributed by atoms with Gasteiger partial charge in [-0.3, -0.25) is 9.36 Å². The molecule has 1 N–H and O–H groups in total. The third-order valence-electron chi connectivity index (χ3n) is 3.96. The van der Waals surface area contributed by atoms with Crippen molar-refractivity contribution in [1.29, 1.82) is 0 Å². The number of nitrogens with zero attached hydrogens (tertiary/aromatic N) is 4. The predicted molar refractivity (Wildman–Crippen MR) is 85.1 cm³/mol. The van der Waals surface area contributed by atoms with Gasteiger partial charge >= 0.3 is 0 Å². The van der Waals surface area contributed by atoms with Gasteiger partial charge in [-0.15, -0.1) is 0 Å². The van der Waals surface area contributed by atoms with Gasteiger partial charge in [-0.2, -0.15) is 10.2 Å². The third kappa shape index (κ3) is 3.73. The zero-order valence-corrected chi connectivity index (χ0v) is 13.8. The molecule has 1 unspecified atom stereocenters. The first-order chi connectivity index (χ1) is 10.0. The van der Waals surface area contributed by atoms with Gasteiger partial charge in [0, 0.05) is 32.4 Å². The minimum atomic E-state index is 0.445. The molecule has 2 aromatic heterocycles. The molecule has 0 amide bonds. The van der Waals surface area contributed by atoms with Gasteiger partial charge in [0.15, 0.2) is 0 Å². The van der Waals surface area contributed by atoms with Crippen molar-refractivity contribution >= 4 is 0 Å². The van der Waals surface area contributed by atoms with E-state index in [4.69, 9.17) is 0 Å². The van der Waals surface area contributed by atoms with Crippen molar-refractivity contribution < 1.29 is 0 Å². The van der Waals surface area contributed by atoms with E-state index in [9.17, 15) is 0 Å². The largest absolute Gasteiger partial charge is 0.306 e. The van der Waals surface area contributed by atoms with Crippen LogP contribution in [0.25, 0.3) is 0 Å². The highest BCUT2D eigenvalue weighted by atomic mass is 15.3. The highest BCUT2D eigenvalue weighted by molar-refractivity contribution is 5.13. The van der Waals surface area contributed by atoms with Crippen LogP contribution in [0, 0.1) is 0 Å². The van der Waals surface area contributed by atoms with Crippen LogP contribution in [-0.4, -0.2) is 19.6 Å². The summed E-state index contributed by atoms with van der Waals surface area (Å²) in [4.78, 5) is 0. The molecule has 116 valence electrons. The first kappa shape index (κ1) is 15.8. The van der Waals surface area contributed by atoms with E-state index in [1.165, 1.54) is 11.4 Å². The lowest BCUT2D eigenvalue weighted by Crippen LogP contribution is -2.19. The van der Waals surface area contributed by atoms with Gasteiger partial charge in [0.1, 0.15) is 0 Å². The van der Waals surface area contributed by atoms with Crippen molar-refractivity contribution in [2.45, 2.75) is 59.2 Å². The highest BCUT2D eigenvalue weighted by Gasteiger charge is 2.10. The maximum absolute atomic E-state index is 4.54. The Morgan fingerprint density at radius 2 is 1.90 bits per heavy atom. The lowest BCUT2D eigenvalue weighted by Gasteiger charge is -2.14. The Bertz CT molecular complexity index is 567. The maximum Gasteiger partial charge on any atom is 0.0653 e. The zero-order valence-electron chi connectivity index (χ0n) is 13.8. The average molecular weight is 289 g/mol.